The standard InChI is InChI=1S/C16H24N2O2/c1-19-14-6-7-16(20-2)15(11-14)18-10-4-9-17-8-3-5-13(17)12-18/h6-7,11,13H,3-5,8-10,12H2,1-2H3. The molecule has 0 aliphatic carbocycles. The lowest BCUT2D eigenvalue weighted by molar-refractivity contribution is 0.273. The van der Waals surface area contributed by atoms with Crippen molar-refractivity contribution < 1.29 is 9.47 Å². The summed E-state index contributed by atoms with van der Waals surface area (Å²) in [6.07, 6.45) is 3.88. The van der Waals surface area contributed by atoms with Crippen LogP contribution in [0.3, 0.4) is 0 Å². The number of hydrogen-bond donors (Lipinski definition) is 0. The number of hydrogen-bond acceptors (Lipinski definition) is 4. The normalized spacial score (nSPS) is 23.3. The Morgan fingerprint density at radius 2 is 1.90 bits per heavy atom. The molecule has 2 saturated heterocycles. The van der Waals surface area contributed by atoms with E-state index in [1.807, 2.05) is 12.1 Å². The molecule has 4 heteroatoms. The molecule has 2 fully saturated rings. The number of fused-ring (bicyclic) bond motifs is 1. The van der Waals surface area contributed by atoms with Gasteiger partial charge in [-0.15, -0.1) is 0 Å². The fourth-order valence-electron chi connectivity index (χ4n) is 3.47. The number of nitrogens with zero attached hydrogens (tertiary/aromatic N) is 2. The summed E-state index contributed by atoms with van der Waals surface area (Å²) in [5, 5.41) is 0. The molecule has 20 heavy (non-hydrogen) atoms. The SMILES string of the molecule is COc1ccc(OC)c(N2CCCN3CCCC3C2)c1. The number of benzene rings is 1. The van der Waals surface area contributed by atoms with Crippen LogP contribution in [0.25, 0.3) is 0 Å². The average Bonchev–Trinajstić information content (AvgIpc) is 2.83. The molecular formula is C16H24N2O2. The highest BCUT2D eigenvalue weighted by atomic mass is 16.5. The lowest BCUT2D eigenvalue weighted by Gasteiger charge is -2.28. The molecule has 0 N–H and O–H groups in total. The number of ether oxygens (including phenoxy) is 2. The molecule has 0 spiro atoms. The van der Waals surface area contributed by atoms with E-state index in [2.05, 4.69) is 15.9 Å². The second kappa shape index (κ2) is 5.92. The van der Waals surface area contributed by atoms with E-state index in [-0.39, 0.29) is 0 Å². The van der Waals surface area contributed by atoms with Gasteiger partial charge in [-0.25, -0.2) is 0 Å². The first kappa shape index (κ1) is 13.6. The summed E-state index contributed by atoms with van der Waals surface area (Å²) in [6, 6.07) is 6.77. The fraction of sp³-hybridized carbons (Fsp3) is 0.625. The molecule has 4 nitrogen and oxygen atoms in total. The zero-order valence-electron chi connectivity index (χ0n) is 12.5. The summed E-state index contributed by atoms with van der Waals surface area (Å²) in [5.74, 6) is 1.84. The van der Waals surface area contributed by atoms with E-state index in [9.17, 15) is 0 Å². The predicted octanol–water partition coefficient (Wildman–Crippen LogP) is 2.38. The van der Waals surface area contributed by atoms with Crippen molar-refractivity contribution >= 4 is 5.69 Å². The van der Waals surface area contributed by atoms with Gasteiger partial charge in [0.05, 0.1) is 19.9 Å². The molecule has 1 aromatic carbocycles. The van der Waals surface area contributed by atoms with E-state index < -0.39 is 0 Å². The molecule has 2 heterocycles. The van der Waals surface area contributed by atoms with Gasteiger partial charge in [0.25, 0.3) is 0 Å². The van der Waals surface area contributed by atoms with Gasteiger partial charge in [0.15, 0.2) is 0 Å². The molecule has 0 amide bonds. The van der Waals surface area contributed by atoms with Crippen LogP contribution in [-0.2, 0) is 0 Å². The van der Waals surface area contributed by atoms with Gasteiger partial charge < -0.3 is 14.4 Å². The van der Waals surface area contributed by atoms with Gasteiger partial charge in [0.2, 0.25) is 0 Å². The Morgan fingerprint density at radius 1 is 1.05 bits per heavy atom. The minimum absolute atomic E-state index is 0.702. The van der Waals surface area contributed by atoms with Crippen molar-refractivity contribution in [3.8, 4) is 11.5 Å². The predicted molar refractivity (Wildman–Crippen MR) is 81.0 cm³/mol. The van der Waals surface area contributed by atoms with Crippen LogP contribution in [0, 0.1) is 0 Å². The van der Waals surface area contributed by atoms with Crippen molar-refractivity contribution in [2.24, 2.45) is 0 Å². The van der Waals surface area contributed by atoms with Crippen molar-refractivity contribution in [2.75, 3.05) is 45.3 Å². The maximum absolute atomic E-state index is 5.54. The summed E-state index contributed by atoms with van der Waals surface area (Å²) >= 11 is 0. The molecule has 1 aromatic rings. The molecule has 3 rings (SSSR count). The van der Waals surface area contributed by atoms with Crippen LogP contribution >= 0.6 is 0 Å². The lowest BCUT2D eigenvalue weighted by Crippen LogP contribution is -2.36. The zero-order valence-corrected chi connectivity index (χ0v) is 12.5. The van der Waals surface area contributed by atoms with Crippen molar-refractivity contribution in [1.29, 1.82) is 0 Å². The Bertz CT molecular complexity index is 464. The van der Waals surface area contributed by atoms with Crippen LogP contribution in [0.4, 0.5) is 5.69 Å². The second-order valence-corrected chi connectivity index (χ2v) is 5.67. The molecule has 0 bridgehead atoms. The molecule has 0 radical (unpaired) electrons. The molecule has 110 valence electrons. The summed E-state index contributed by atoms with van der Waals surface area (Å²) in [5.41, 5.74) is 1.17. The molecule has 0 saturated carbocycles. The van der Waals surface area contributed by atoms with Gasteiger partial charge in [-0.2, -0.15) is 0 Å². The topological polar surface area (TPSA) is 24.9 Å². The lowest BCUT2D eigenvalue weighted by atomic mass is 10.2. The quantitative estimate of drug-likeness (QED) is 0.846. The van der Waals surface area contributed by atoms with E-state index in [1.54, 1.807) is 14.2 Å². The minimum Gasteiger partial charge on any atom is -0.497 e. The minimum atomic E-state index is 0.702. The summed E-state index contributed by atoms with van der Waals surface area (Å²) in [4.78, 5) is 5.12. The highest BCUT2D eigenvalue weighted by Crippen LogP contribution is 2.34. The van der Waals surface area contributed by atoms with Crippen molar-refractivity contribution in [2.45, 2.75) is 25.3 Å². The monoisotopic (exact) mass is 276 g/mol. The maximum atomic E-state index is 5.54. The van der Waals surface area contributed by atoms with Crippen LogP contribution in [0.15, 0.2) is 18.2 Å². The van der Waals surface area contributed by atoms with Gasteiger partial charge >= 0.3 is 0 Å². The molecule has 1 unspecified atom stereocenters. The first-order valence-electron chi connectivity index (χ1n) is 7.53. The van der Waals surface area contributed by atoms with E-state index in [0.29, 0.717) is 6.04 Å². The molecule has 0 aromatic heterocycles. The third-order valence-corrected chi connectivity index (χ3v) is 4.53. The Labute approximate surface area is 121 Å². The summed E-state index contributed by atoms with van der Waals surface area (Å²) in [7, 11) is 3.46. The third kappa shape index (κ3) is 2.57. The number of rotatable bonds is 3. The molecule has 2 aliphatic heterocycles. The van der Waals surface area contributed by atoms with Gasteiger partial charge in [-0.3, -0.25) is 4.90 Å². The number of anilines is 1. The first-order chi connectivity index (χ1) is 9.81. The van der Waals surface area contributed by atoms with Gasteiger partial charge in [0.1, 0.15) is 11.5 Å². The highest BCUT2D eigenvalue weighted by molar-refractivity contribution is 5.62. The first-order valence-corrected chi connectivity index (χ1v) is 7.53. The largest absolute Gasteiger partial charge is 0.497 e. The Balaban J connectivity index is 1.86. The zero-order chi connectivity index (χ0) is 13.9. The fourth-order valence-corrected chi connectivity index (χ4v) is 3.47. The van der Waals surface area contributed by atoms with Gasteiger partial charge in [-0.1, -0.05) is 0 Å². The summed E-state index contributed by atoms with van der Waals surface area (Å²) in [6.45, 7) is 4.70. The van der Waals surface area contributed by atoms with Crippen LogP contribution < -0.4 is 14.4 Å². The third-order valence-electron chi connectivity index (χ3n) is 4.53. The molecular weight excluding hydrogens is 252 g/mol. The van der Waals surface area contributed by atoms with Crippen molar-refractivity contribution in [1.82, 2.24) is 4.90 Å². The van der Waals surface area contributed by atoms with Crippen LogP contribution in [0.1, 0.15) is 19.3 Å². The molecule has 2 aliphatic rings. The van der Waals surface area contributed by atoms with Crippen molar-refractivity contribution in [3.63, 3.8) is 0 Å². The second-order valence-electron chi connectivity index (χ2n) is 5.67. The van der Waals surface area contributed by atoms with Crippen LogP contribution in [0.2, 0.25) is 0 Å². The van der Waals surface area contributed by atoms with E-state index in [4.69, 9.17) is 9.47 Å². The van der Waals surface area contributed by atoms with Crippen LogP contribution in [0.5, 0.6) is 11.5 Å². The summed E-state index contributed by atoms with van der Waals surface area (Å²) < 4.78 is 10.9. The number of methoxy groups -OCH3 is 2. The van der Waals surface area contributed by atoms with Crippen LogP contribution in [-0.4, -0.2) is 51.3 Å². The Hall–Kier alpha value is -1.42. The maximum Gasteiger partial charge on any atom is 0.142 e. The van der Waals surface area contributed by atoms with E-state index in [0.717, 1.165) is 24.6 Å². The Kier molecular flexibility index (Phi) is 4.01. The highest BCUT2D eigenvalue weighted by Gasteiger charge is 2.29. The smallest absolute Gasteiger partial charge is 0.142 e. The molecule has 1 atom stereocenters. The Morgan fingerprint density at radius 3 is 2.70 bits per heavy atom. The van der Waals surface area contributed by atoms with Gasteiger partial charge in [0, 0.05) is 31.7 Å². The van der Waals surface area contributed by atoms with Crippen molar-refractivity contribution in [3.05, 3.63) is 18.2 Å². The average molecular weight is 276 g/mol. The van der Waals surface area contributed by atoms with E-state index in [1.165, 1.54) is 38.0 Å². The van der Waals surface area contributed by atoms with E-state index >= 15 is 0 Å². The van der Waals surface area contributed by atoms with Gasteiger partial charge in [-0.05, 0) is 37.9 Å².